The average Bonchev–Trinajstić information content (AvgIpc) is 1.55. The predicted molar refractivity (Wildman–Crippen MR) is 606 cm³/mol. The Bertz CT molecular complexity index is 8870. The van der Waals surface area contributed by atoms with Gasteiger partial charge in [-0.2, -0.15) is 0 Å². The Balaban J connectivity index is 0.000000102. The van der Waals surface area contributed by atoms with E-state index in [1.807, 2.05) is 0 Å². The first-order chi connectivity index (χ1) is 66.6. The summed E-state index contributed by atoms with van der Waals surface area (Å²) < 4.78 is 17.1. The standard InChI is InChI=1S/2C24H20IN3.2C23H18IN3.C22H16IN3/c1-3-15(2)17-10-13-22-21(14-17)19-6-4-5-7-20(19)24-27-26-23(28(22)24)16-8-11-18(25)12-9-16;1-2-3-6-16-9-14-22-21(15-16)19-7-4-5-8-20(19)24-27-26-23(28(22)24)17-10-12-18(25)13-11-17;1-14(2)16-9-12-21-20(13-16)18-5-3-4-6-19(18)23-26-25-22(27(21)23)15-7-10-17(24)11-8-15;1-2-5-15-8-13-21-20(14-15)18-6-3-4-7-19(18)23-26-25-22(27(21)23)16-9-11-17(24)12-10-16;1-2-14-7-12-20-19(13-14)17-5-3-4-6-18(17)22-25-24-21(26(20)22)15-8-10-16(23)11-9-15/h4-15H,3H2,1-2H3;4-5,7-15H,2-3,6H2,1H3;3-14H,1-2H3;3-4,6-14H,2,5H2,1H3;3-13H,2H2,1H3. The van der Waals surface area contributed by atoms with Crippen molar-refractivity contribution in [3.8, 4) is 56.9 Å². The van der Waals surface area contributed by atoms with Crippen LogP contribution >= 0.6 is 113 Å². The first-order valence-electron chi connectivity index (χ1n) is 46.3. The summed E-state index contributed by atoms with van der Waals surface area (Å²) >= 11 is 11.6. The van der Waals surface area contributed by atoms with Gasteiger partial charge in [0.25, 0.3) is 0 Å². The molecule has 25 aromatic rings. The molecule has 0 aliphatic carbocycles. The molecule has 0 fully saturated rings. The molecule has 20 heteroatoms. The Morgan fingerprint density at radius 2 is 0.471 bits per heavy atom. The molecule has 10 aromatic heterocycles. The van der Waals surface area contributed by atoms with Crippen LogP contribution in [0.2, 0.25) is 0 Å². The maximum absolute atomic E-state index is 4.58. The van der Waals surface area contributed by atoms with E-state index >= 15 is 0 Å². The zero-order valence-corrected chi connectivity index (χ0v) is 86.7. The number of hydrogen-bond donors (Lipinski definition) is 0. The molecular formula is C116H92I5N15. The maximum atomic E-state index is 4.58. The minimum absolute atomic E-state index is 0.487. The molecule has 0 amide bonds. The van der Waals surface area contributed by atoms with Crippen LogP contribution in [0, 0.1) is 17.9 Å². The lowest BCUT2D eigenvalue weighted by Crippen LogP contribution is -1.97. The fraction of sp³-hybridized carbons (Fsp3) is 0.138. The van der Waals surface area contributed by atoms with Crippen molar-refractivity contribution < 1.29 is 0 Å². The molecule has 15 nitrogen and oxygen atoms in total. The monoisotopic (exact) mass is 2330 g/mol. The quantitative estimate of drug-likeness (QED) is 0.0760. The van der Waals surface area contributed by atoms with Gasteiger partial charge < -0.3 is 0 Å². The van der Waals surface area contributed by atoms with Gasteiger partial charge in [0, 0.05) is 99.5 Å². The number of halogens is 5. The molecular weight excluding hydrogens is 2240 g/mol. The fourth-order valence-electron chi connectivity index (χ4n) is 18.9. The van der Waals surface area contributed by atoms with Crippen LogP contribution in [-0.4, -0.2) is 73.0 Å². The summed E-state index contributed by atoms with van der Waals surface area (Å²) in [6.45, 7) is 15.7. The van der Waals surface area contributed by atoms with E-state index < -0.39 is 0 Å². The molecule has 136 heavy (non-hydrogen) atoms. The van der Waals surface area contributed by atoms with Crippen molar-refractivity contribution in [1.82, 2.24) is 73.0 Å². The van der Waals surface area contributed by atoms with Crippen LogP contribution in [0.3, 0.4) is 0 Å². The predicted octanol–water partition coefficient (Wildman–Crippen LogP) is 32.0. The molecule has 0 aliphatic rings. The first kappa shape index (κ1) is 90.1. The molecule has 666 valence electrons. The summed E-state index contributed by atoms with van der Waals surface area (Å²) in [5.74, 6) is 5.46. The van der Waals surface area contributed by atoms with Crippen molar-refractivity contribution in [2.75, 3.05) is 0 Å². The summed E-state index contributed by atoms with van der Waals surface area (Å²) in [6.07, 6.45) is 7.93. The van der Waals surface area contributed by atoms with E-state index in [4.69, 9.17) is 0 Å². The second-order valence-electron chi connectivity index (χ2n) is 35.0. The van der Waals surface area contributed by atoms with Gasteiger partial charge in [0.15, 0.2) is 57.4 Å². The topological polar surface area (TPSA) is 151 Å². The van der Waals surface area contributed by atoms with Crippen LogP contribution in [0.15, 0.2) is 334 Å². The smallest absolute Gasteiger partial charge is 0.169 e. The molecule has 0 spiro atoms. The molecule has 0 saturated heterocycles. The van der Waals surface area contributed by atoms with Gasteiger partial charge in [-0.3, -0.25) is 22.0 Å². The van der Waals surface area contributed by atoms with Crippen LogP contribution in [0.5, 0.6) is 0 Å². The summed E-state index contributed by atoms with van der Waals surface area (Å²) in [6, 6.07) is 119. The number of rotatable bonds is 14. The van der Waals surface area contributed by atoms with Crippen LogP contribution in [0.4, 0.5) is 0 Å². The highest BCUT2D eigenvalue weighted by Gasteiger charge is 2.24. The Morgan fingerprint density at radius 1 is 0.228 bits per heavy atom. The number of fused-ring (bicyclic) bond motifs is 30. The fourth-order valence-corrected chi connectivity index (χ4v) is 20.7. The highest BCUT2D eigenvalue weighted by atomic mass is 127. The summed E-state index contributed by atoms with van der Waals surface area (Å²) in [5.41, 5.74) is 22.5. The third-order valence-corrected chi connectivity index (χ3v) is 29.8. The Kier molecular flexibility index (Phi) is 25.9. The van der Waals surface area contributed by atoms with Crippen molar-refractivity contribution in [2.24, 2.45) is 0 Å². The van der Waals surface area contributed by atoms with Gasteiger partial charge in [0.2, 0.25) is 0 Å². The number of aromatic nitrogens is 15. The van der Waals surface area contributed by atoms with E-state index in [-0.39, 0.29) is 0 Å². The minimum atomic E-state index is 0.487. The van der Waals surface area contributed by atoms with Gasteiger partial charge in [-0.1, -0.05) is 274 Å². The van der Waals surface area contributed by atoms with Crippen LogP contribution < -0.4 is 0 Å². The number of hydrogen-bond acceptors (Lipinski definition) is 10. The van der Waals surface area contributed by atoms with E-state index in [1.165, 1.54) is 112 Å². The molecule has 0 aliphatic heterocycles. The summed E-state index contributed by atoms with van der Waals surface area (Å²) in [7, 11) is 0. The average molecular weight is 2330 g/mol. The summed E-state index contributed by atoms with van der Waals surface area (Å²) in [5, 5.41) is 63.8. The molecule has 0 N–H and O–H groups in total. The van der Waals surface area contributed by atoms with Gasteiger partial charge in [-0.25, -0.2) is 0 Å². The van der Waals surface area contributed by atoms with Gasteiger partial charge in [-0.05, 0) is 333 Å². The largest absolute Gasteiger partial charge is 0.274 e. The lowest BCUT2D eigenvalue weighted by molar-refractivity contribution is 0.734. The van der Waals surface area contributed by atoms with E-state index in [0.29, 0.717) is 11.8 Å². The lowest BCUT2D eigenvalue weighted by atomic mass is 9.95. The van der Waals surface area contributed by atoms with E-state index in [2.05, 4.69) is 568 Å². The van der Waals surface area contributed by atoms with Gasteiger partial charge in [-0.15, -0.1) is 51.0 Å². The first-order valence-corrected chi connectivity index (χ1v) is 51.7. The highest BCUT2D eigenvalue weighted by molar-refractivity contribution is 14.1. The highest BCUT2D eigenvalue weighted by Crippen LogP contribution is 2.42. The van der Waals surface area contributed by atoms with Crippen LogP contribution in [0.1, 0.15) is 114 Å². The number of nitrogens with zero attached hydrogens (tertiary/aromatic N) is 15. The van der Waals surface area contributed by atoms with Gasteiger partial charge >= 0.3 is 0 Å². The number of aryl methyl sites for hydroxylation is 3. The summed E-state index contributed by atoms with van der Waals surface area (Å²) in [4.78, 5) is 0. The Hall–Kier alpha value is -12.4. The molecule has 0 bridgehead atoms. The molecule has 25 rings (SSSR count). The van der Waals surface area contributed by atoms with E-state index in [9.17, 15) is 0 Å². The third-order valence-electron chi connectivity index (χ3n) is 26.2. The van der Waals surface area contributed by atoms with E-state index in [1.54, 1.807) is 0 Å². The van der Waals surface area contributed by atoms with Crippen molar-refractivity contribution >= 4 is 250 Å². The molecule has 1 atom stereocenters. The van der Waals surface area contributed by atoms with Crippen molar-refractivity contribution in [2.45, 2.75) is 105 Å². The van der Waals surface area contributed by atoms with Gasteiger partial charge in [0.05, 0.1) is 27.6 Å². The lowest BCUT2D eigenvalue weighted by Gasteiger charge is -2.14. The molecule has 10 heterocycles. The normalized spacial score (nSPS) is 11.9. The van der Waals surface area contributed by atoms with Crippen molar-refractivity contribution in [3.63, 3.8) is 0 Å². The van der Waals surface area contributed by atoms with Crippen LogP contribution in [0.25, 0.3) is 194 Å². The minimum Gasteiger partial charge on any atom is -0.274 e. The second kappa shape index (κ2) is 39.0. The number of pyridine rings is 5. The third kappa shape index (κ3) is 17.1. The number of benzene rings is 15. The van der Waals surface area contributed by atoms with Crippen LogP contribution in [-0.2, 0) is 19.3 Å². The van der Waals surface area contributed by atoms with Gasteiger partial charge in [0.1, 0.15) is 0 Å². The molecule has 15 aromatic carbocycles. The SMILES string of the molecule is CC(C)c1ccc2c(c1)c1ccccc1c1nnc(-c3ccc(I)cc3)n21.CCC(C)c1ccc2c(c1)c1ccccc1c1nnc(-c3ccc(I)cc3)n21.CCCCc1ccc2c(c1)c1ccccc1c1nnc(-c3ccc(I)cc3)n21.CCCc1ccc2c(c1)c1ccccc1c1nnc(-c3ccc(I)cc3)n21.CCc1ccc2c(c1)c1ccccc1c1nnc(-c3ccc(I)cc3)n21. The zero-order valence-electron chi connectivity index (χ0n) is 76.0. The molecule has 0 saturated carbocycles. The van der Waals surface area contributed by atoms with Crippen molar-refractivity contribution in [1.29, 1.82) is 0 Å². The molecule has 0 radical (unpaired) electrons. The Labute approximate surface area is 855 Å². The Morgan fingerprint density at radius 3 is 0.735 bits per heavy atom. The maximum Gasteiger partial charge on any atom is 0.169 e. The second-order valence-corrected chi connectivity index (χ2v) is 41.2. The van der Waals surface area contributed by atoms with E-state index in [0.717, 1.165) is 172 Å². The van der Waals surface area contributed by atoms with Crippen molar-refractivity contribution in [3.05, 3.63) is 379 Å². The number of unbranched alkanes of at least 4 members (excludes halogenated alkanes) is 1. The molecule has 1 unspecified atom stereocenters. The zero-order chi connectivity index (χ0) is 92.9.